The third kappa shape index (κ3) is 3.76. The molecule has 2 aromatic rings. The summed E-state index contributed by atoms with van der Waals surface area (Å²) in [5.41, 5.74) is 0.903. The minimum absolute atomic E-state index is 0.0976. The second kappa shape index (κ2) is 6.63. The molecule has 0 fully saturated rings. The van der Waals surface area contributed by atoms with E-state index in [-0.39, 0.29) is 25.8 Å². The summed E-state index contributed by atoms with van der Waals surface area (Å²) in [7, 11) is 0. The van der Waals surface area contributed by atoms with E-state index in [1.807, 2.05) is 18.2 Å². The van der Waals surface area contributed by atoms with Crippen molar-refractivity contribution in [3.63, 3.8) is 0 Å². The zero-order valence-corrected chi connectivity index (χ0v) is 12.1. The largest absolute Gasteiger partial charge is 0.454 e. The summed E-state index contributed by atoms with van der Waals surface area (Å²) in [5.74, 6) is 1.13. The number of hydrogen-bond donors (Lipinski definition) is 1. The van der Waals surface area contributed by atoms with E-state index in [1.165, 1.54) is 17.1 Å². The van der Waals surface area contributed by atoms with Crippen LogP contribution in [-0.4, -0.2) is 39.1 Å². The molecular weight excluding hydrogens is 306 g/mol. The zero-order valence-electron chi connectivity index (χ0n) is 12.1. The Morgan fingerprint density at radius 3 is 3.04 bits per heavy atom. The zero-order chi connectivity index (χ0) is 16.2. The molecule has 0 radical (unpaired) electrons. The molecule has 0 unspecified atom stereocenters. The number of nitrogens with zero attached hydrogens (tertiary/aromatic N) is 3. The highest BCUT2D eigenvalue weighted by Crippen LogP contribution is 2.32. The average molecular weight is 321 g/mol. The summed E-state index contributed by atoms with van der Waals surface area (Å²) < 4.78 is 17.4. The molecule has 0 amide bonds. The average Bonchev–Trinajstić information content (AvgIpc) is 3.15. The number of fused-ring (bicyclic) bond motifs is 1. The predicted octanol–water partition coefficient (Wildman–Crippen LogP) is 1.10. The Hall–Kier alpha value is -2.65. The maximum atomic E-state index is 10.5. The number of benzene rings is 1. The van der Waals surface area contributed by atoms with Crippen LogP contribution < -0.4 is 9.47 Å². The van der Waals surface area contributed by atoms with Gasteiger partial charge in [-0.25, -0.2) is 0 Å². The third-order valence-electron chi connectivity index (χ3n) is 3.24. The molecule has 1 aromatic carbocycles. The molecule has 1 aliphatic heterocycles. The molecular formula is C14H15N3O6. The van der Waals surface area contributed by atoms with Crippen molar-refractivity contribution in [3.05, 3.63) is 46.4 Å². The lowest BCUT2D eigenvalue weighted by molar-refractivity contribution is -0.389. The van der Waals surface area contributed by atoms with Crippen LogP contribution in [0.15, 0.2) is 30.7 Å². The Bertz CT molecular complexity index is 702. The van der Waals surface area contributed by atoms with Crippen molar-refractivity contribution < 1.29 is 24.2 Å². The van der Waals surface area contributed by atoms with E-state index >= 15 is 0 Å². The highest BCUT2D eigenvalue weighted by molar-refractivity contribution is 5.44. The molecule has 0 saturated heterocycles. The Morgan fingerprint density at radius 1 is 1.43 bits per heavy atom. The third-order valence-corrected chi connectivity index (χ3v) is 3.24. The van der Waals surface area contributed by atoms with Gasteiger partial charge in [-0.05, 0) is 27.6 Å². The summed E-state index contributed by atoms with van der Waals surface area (Å²) in [5, 5.41) is 20.4. The molecule has 9 heteroatoms. The van der Waals surface area contributed by atoms with Crippen molar-refractivity contribution in [2.45, 2.75) is 19.3 Å². The summed E-state index contributed by atoms with van der Waals surface area (Å²) in [6.45, 7) is 0.801. The van der Waals surface area contributed by atoms with Gasteiger partial charge in [0.1, 0.15) is 6.20 Å². The number of aliphatic hydroxyl groups excluding tert-OH is 1. The molecule has 0 saturated carbocycles. The van der Waals surface area contributed by atoms with Gasteiger partial charge in [0, 0.05) is 0 Å². The van der Waals surface area contributed by atoms with Gasteiger partial charge in [-0.3, -0.25) is 0 Å². The van der Waals surface area contributed by atoms with E-state index in [0.717, 1.165) is 5.56 Å². The minimum atomic E-state index is -0.794. The van der Waals surface area contributed by atoms with Gasteiger partial charge in [-0.1, -0.05) is 6.07 Å². The number of imidazole rings is 1. The molecule has 0 bridgehead atoms. The minimum Gasteiger partial charge on any atom is -0.454 e. The maximum absolute atomic E-state index is 10.5. The van der Waals surface area contributed by atoms with Crippen LogP contribution in [0, 0.1) is 10.1 Å². The van der Waals surface area contributed by atoms with E-state index in [9.17, 15) is 15.2 Å². The molecule has 23 heavy (non-hydrogen) atoms. The van der Waals surface area contributed by atoms with E-state index in [4.69, 9.17) is 14.2 Å². The highest BCUT2D eigenvalue weighted by Gasteiger charge is 2.15. The number of ether oxygens (including phenoxy) is 3. The molecule has 9 nitrogen and oxygen atoms in total. The van der Waals surface area contributed by atoms with Crippen LogP contribution in [0.5, 0.6) is 11.5 Å². The number of aromatic nitrogens is 2. The van der Waals surface area contributed by atoms with Crippen molar-refractivity contribution in [3.8, 4) is 11.5 Å². The topological polar surface area (TPSA) is 109 Å². The Labute approximate surface area is 131 Å². The monoisotopic (exact) mass is 321 g/mol. The number of hydrogen-bond acceptors (Lipinski definition) is 7. The first-order valence-corrected chi connectivity index (χ1v) is 6.92. The van der Waals surface area contributed by atoms with Crippen LogP contribution in [0.4, 0.5) is 5.82 Å². The van der Waals surface area contributed by atoms with Crippen molar-refractivity contribution in [1.29, 1.82) is 0 Å². The van der Waals surface area contributed by atoms with Crippen molar-refractivity contribution in [1.82, 2.24) is 9.55 Å². The number of nitro groups is 1. The van der Waals surface area contributed by atoms with Crippen LogP contribution in [0.25, 0.3) is 0 Å². The van der Waals surface area contributed by atoms with Crippen LogP contribution in [0.3, 0.4) is 0 Å². The normalized spacial score (nSPS) is 14.0. The summed E-state index contributed by atoms with van der Waals surface area (Å²) >= 11 is 0. The van der Waals surface area contributed by atoms with Crippen molar-refractivity contribution in [2.75, 3.05) is 13.4 Å². The second-order valence-electron chi connectivity index (χ2n) is 5.04. The molecule has 3 rings (SSSR count). The van der Waals surface area contributed by atoms with Crippen LogP contribution in [0.2, 0.25) is 0 Å². The molecule has 0 spiro atoms. The van der Waals surface area contributed by atoms with Crippen LogP contribution in [-0.2, 0) is 17.9 Å². The van der Waals surface area contributed by atoms with Gasteiger partial charge in [0.2, 0.25) is 13.1 Å². The first-order valence-electron chi connectivity index (χ1n) is 6.92. The lowest BCUT2D eigenvalue weighted by Crippen LogP contribution is -2.21. The van der Waals surface area contributed by atoms with Gasteiger partial charge < -0.3 is 34.0 Å². The first kappa shape index (κ1) is 15.3. The van der Waals surface area contributed by atoms with Crippen LogP contribution >= 0.6 is 0 Å². The Balaban J connectivity index is 1.45. The molecule has 1 N–H and O–H groups in total. The first-order chi connectivity index (χ1) is 11.1. The fourth-order valence-electron chi connectivity index (χ4n) is 2.18. The van der Waals surface area contributed by atoms with Crippen molar-refractivity contribution in [2.24, 2.45) is 0 Å². The lowest BCUT2D eigenvalue weighted by atomic mass is 10.2. The SMILES string of the molecule is O=[N+]([O-])c1cn(C[C@H](O)COCc2ccc3c(c2)OCO3)cn1. The van der Waals surface area contributed by atoms with E-state index in [1.54, 1.807) is 0 Å². The second-order valence-corrected chi connectivity index (χ2v) is 5.04. The Kier molecular flexibility index (Phi) is 4.40. The van der Waals surface area contributed by atoms with Gasteiger partial charge in [0.25, 0.3) is 0 Å². The van der Waals surface area contributed by atoms with E-state index in [0.29, 0.717) is 18.1 Å². The maximum Gasteiger partial charge on any atom is 0.381 e. The van der Waals surface area contributed by atoms with Crippen LogP contribution in [0.1, 0.15) is 5.56 Å². The van der Waals surface area contributed by atoms with Gasteiger partial charge in [-0.15, -0.1) is 0 Å². The lowest BCUT2D eigenvalue weighted by Gasteiger charge is -2.11. The molecule has 1 atom stereocenters. The quantitative estimate of drug-likeness (QED) is 0.600. The predicted molar refractivity (Wildman–Crippen MR) is 77.1 cm³/mol. The summed E-state index contributed by atoms with van der Waals surface area (Å²) in [6.07, 6.45) is 1.78. The van der Waals surface area contributed by atoms with Gasteiger partial charge in [0.15, 0.2) is 11.5 Å². The summed E-state index contributed by atoms with van der Waals surface area (Å²) in [4.78, 5) is 13.6. The fraction of sp³-hybridized carbons (Fsp3) is 0.357. The number of rotatable bonds is 7. The molecule has 1 aromatic heterocycles. The molecule has 1 aliphatic rings. The molecule has 2 heterocycles. The molecule has 0 aliphatic carbocycles. The van der Waals surface area contributed by atoms with Gasteiger partial charge >= 0.3 is 5.82 Å². The van der Waals surface area contributed by atoms with Crippen molar-refractivity contribution >= 4 is 5.82 Å². The molecule has 122 valence electrons. The summed E-state index contributed by atoms with van der Waals surface area (Å²) in [6, 6.07) is 5.50. The Morgan fingerprint density at radius 2 is 2.26 bits per heavy atom. The van der Waals surface area contributed by atoms with E-state index in [2.05, 4.69) is 4.98 Å². The number of aliphatic hydroxyl groups is 1. The van der Waals surface area contributed by atoms with Gasteiger partial charge in [-0.2, -0.15) is 0 Å². The van der Waals surface area contributed by atoms with Gasteiger partial charge in [0.05, 0.1) is 25.9 Å². The smallest absolute Gasteiger partial charge is 0.381 e. The fourth-order valence-corrected chi connectivity index (χ4v) is 2.18. The highest BCUT2D eigenvalue weighted by atomic mass is 16.7. The van der Waals surface area contributed by atoms with E-state index < -0.39 is 11.0 Å². The standard InChI is InChI=1S/C14H15N3O6/c18-11(4-16-5-14(15-8-16)17(19)20)7-21-6-10-1-2-12-13(3-10)23-9-22-12/h1-3,5,8,11,18H,4,6-7,9H2/t11-/m0/s1.